The lowest BCUT2D eigenvalue weighted by Crippen LogP contribution is -2.27. The summed E-state index contributed by atoms with van der Waals surface area (Å²) in [6.07, 6.45) is 2.09. The van der Waals surface area contributed by atoms with Crippen molar-refractivity contribution in [2.24, 2.45) is 0 Å². The number of hydroxylamine groups is 1. The zero-order valence-corrected chi connectivity index (χ0v) is 18.0. The van der Waals surface area contributed by atoms with Gasteiger partial charge in [0.1, 0.15) is 0 Å². The van der Waals surface area contributed by atoms with Crippen molar-refractivity contribution in [2.45, 2.75) is 25.9 Å². The van der Waals surface area contributed by atoms with Gasteiger partial charge in [-0.25, -0.2) is 5.48 Å². The van der Waals surface area contributed by atoms with Crippen LogP contribution in [0.3, 0.4) is 0 Å². The Labute approximate surface area is 177 Å². The molecule has 2 heterocycles. The van der Waals surface area contributed by atoms with Gasteiger partial charge in [-0.1, -0.05) is 18.2 Å². The number of amides is 1. The average molecular weight is 407 g/mol. The lowest BCUT2D eigenvalue weighted by molar-refractivity contribution is 0.0706. The van der Waals surface area contributed by atoms with Crippen LogP contribution in [0, 0.1) is 0 Å². The molecule has 0 radical (unpaired) electrons. The Hall–Kier alpha value is -2.67. The standard InChI is InChI=1S/C24H30N4O2/c1-26(2)12-10-17-6-9-22-20(14-17)21-16-27(3)13-11-23(21)28(22)15-18-4-7-19(8-5-18)24(29)25-30/h4-9,14,30H,10-13,15-16H2,1-3H3,(H,25,29). The summed E-state index contributed by atoms with van der Waals surface area (Å²) in [6, 6.07) is 14.3. The van der Waals surface area contributed by atoms with Crippen LogP contribution in [0.25, 0.3) is 10.9 Å². The topological polar surface area (TPSA) is 60.7 Å². The molecule has 2 N–H and O–H groups in total. The van der Waals surface area contributed by atoms with Crippen molar-refractivity contribution in [3.05, 3.63) is 70.4 Å². The van der Waals surface area contributed by atoms with Crippen molar-refractivity contribution < 1.29 is 10.0 Å². The van der Waals surface area contributed by atoms with Crippen LogP contribution in [-0.4, -0.2) is 59.7 Å². The minimum Gasteiger partial charge on any atom is -0.340 e. The van der Waals surface area contributed by atoms with Gasteiger partial charge in [0.05, 0.1) is 0 Å². The second-order valence-corrected chi connectivity index (χ2v) is 8.54. The summed E-state index contributed by atoms with van der Waals surface area (Å²) >= 11 is 0. The van der Waals surface area contributed by atoms with Gasteiger partial charge in [0.25, 0.3) is 5.91 Å². The van der Waals surface area contributed by atoms with Gasteiger partial charge in [0.2, 0.25) is 0 Å². The largest absolute Gasteiger partial charge is 0.340 e. The van der Waals surface area contributed by atoms with Crippen molar-refractivity contribution >= 4 is 16.8 Å². The molecule has 0 saturated carbocycles. The number of rotatable bonds is 6. The number of carbonyl (C=O) groups is 1. The highest BCUT2D eigenvalue weighted by molar-refractivity contribution is 5.93. The first kappa shape index (κ1) is 20.6. The fraction of sp³-hybridized carbons (Fsp3) is 0.375. The van der Waals surface area contributed by atoms with E-state index >= 15 is 0 Å². The van der Waals surface area contributed by atoms with Crippen LogP contribution in [0.5, 0.6) is 0 Å². The highest BCUT2D eigenvalue weighted by atomic mass is 16.5. The smallest absolute Gasteiger partial charge is 0.274 e. The van der Waals surface area contributed by atoms with Gasteiger partial charge in [-0.3, -0.25) is 10.0 Å². The van der Waals surface area contributed by atoms with Crippen molar-refractivity contribution in [1.29, 1.82) is 0 Å². The first-order chi connectivity index (χ1) is 14.5. The van der Waals surface area contributed by atoms with Crippen LogP contribution in [0.2, 0.25) is 0 Å². The molecule has 0 fully saturated rings. The summed E-state index contributed by atoms with van der Waals surface area (Å²) in [7, 11) is 6.41. The van der Waals surface area contributed by atoms with Gasteiger partial charge < -0.3 is 14.4 Å². The normalized spacial score (nSPS) is 14.3. The molecular weight excluding hydrogens is 376 g/mol. The molecule has 6 heteroatoms. The molecule has 1 aliphatic rings. The first-order valence-corrected chi connectivity index (χ1v) is 10.5. The van der Waals surface area contributed by atoms with Gasteiger partial charge >= 0.3 is 0 Å². The Kier molecular flexibility index (Phi) is 5.90. The lowest BCUT2D eigenvalue weighted by atomic mass is 10.0. The Balaban J connectivity index is 1.71. The number of nitrogens with zero attached hydrogens (tertiary/aromatic N) is 3. The Morgan fingerprint density at radius 3 is 2.57 bits per heavy atom. The van der Waals surface area contributed by atoms with E-state index in [0.717, 1.165) is 44.6 Å². The van der Waals surface area contributed by atoms with Crippen molar-refractivity contribution in [2.75, 3.05) is 34.2 Å². The third kappa shape index (κ3) is 4.12. The molecule has 0 spiro atoms. The predicted octanol–water partition coefficient (Wildman–Crippen LogP) is 2.90. The Morgan fingerprint density at radius 2 is 1.87 bits per heavy atom. The maximum atomic E-state index is 11.6. The van der Waals surface area contributed by atoms with E-state index in [1.54, 1.807) is 17.6 Å². The minimum absolute atomic E-state index is 0.452. The number of benzene rings is 2. The van der Waals surface area contributed by atoms with Crippen LogP contribution in [0.15, 0.2) is 42.5 Å². The summed E-state index contributed by atoms with van der Waals surface area (Å²) in [5.41, 5.74) is 8.80. The molecular formula is C24H30N4O2. The first-order valence-electron chi connectivity index (χ1n) is 10.5. The molecule has 0 aliphatic carbocycles. The molecule has 0 bridgehead atoms. The fourth-order valence-electron chi connectivity index (χ4n) is 4.33. The summed E-state index contributed by atoms with van der Waals surface area (Å²) in [5, 5.41) is 10.2. The molecule has 4 rings (SSSR count). The molecule has 3 aromatic rings. The molecule has 1 aliphatic heterocycles. The third-order valence-electron chi connectivity index (χ3n) is 6.02. The minimum atomic E-state index is -0.487. The van der Waals surface area contributed by atoms with Crippen molar-refractivity contribution in [3.8, 4) is 0 Å². The zero-order chi connectivity index (χ0) is 21.3. The molecule has 1 amide bonds. The number of likely N-dealkylation sites (N-methyl/N-ethyl adjacent to an activating group) is 2. The maximum absolute atomic E-state index is 11.6. The van der Waals surface area contributed by atoms with Crippen LogP contribution in [0.1, 0.15) is 32.7 Å². The maximum Gasteiger partial charge on any atom is 0.274 e. The summed E-state index contributed by atoms with van der Waals surface area (Å²) in [5.74, 6) is -0.487. The van der Waals surface area contributed by atoms with E-state index in [4.69, 9.17) is 5.21 Å². The summed E-state index contributed by atoms with van der Waals surface area (Å²) in [4.78, 5) is 16.2. The molecule has 30 heavy (non-hydrogen) atoms. The molecule has 2 aromatic carbocycles. The van der Waals surface area contributed by atoms with Gasteiger partial charge in [0, 0.05) is 54.8 Å². The zero-order valence-electron chi connectivity index (χ0n) is 18.0. The monoisotopic (exact) mass is 406 g/mol. The third-order valence-corrected chi connectivity index (χ3v) is 6.02. The van der Waals surface area contributed by atoms with E-state index in [0.29, 0.717) is 5.56 Å². The van der Waals surface area contributed by atoms with Gasteiger partial charge in [-0.05, 0) is 68.5 Å². The Morgan fingerprint density at radius 1 is 1.13 bits per heavy atom. The fourth-order valence-corrected chi connectivity index (χ4v) is 4.33. The van der Waals surface area contributed by atoms with Crippen molar-refractivity contribution in [1.82, 2.24) is 19.8 Å². The van der Waals surface area contributed by atoms with Crippen LogP contribution >= 0.6 is 0 Å². The number of aromatic nitrogens is 1. The number of nitrogens with one attached hydrogen (secondary N) is 1. The number of hydrogen-bond acceptors (Lipinski definition) is 4. The van der Waals surface area contributed by atoms with E-state index in [2.05, 4.69) is 53.7 Å². The van der Waals surface area contributed by atoms with Crippen LogP contribution in [-0.2, 0) is 25.9 Å². The van der Waals surface area contributed by atoms with Crippen LogP contribution in [0.4, 0.5) is 0 Å². The number of hydrogen-bond donors (Lipinski definition) is 2. The molecule has 0 atom stereocenters. The molecule has 6 nitrogen and oxygen atoms in total. The van der Waals surface area contributed by atoms with E-state index in [-0.39, 0.29) is 0 Å². The number of carbonyl (C=O) groups excluding carboxylic acids is 1. The van der Waals surface area contributed by atoms with Crippen molar-refractivity contribution in [3.63, 3.8) is 0 Å². The SMILES string of the molecule is CN(C)CCc1ccc2c(c1)c1c(n2Cc2ccc(C(=O)NO)cc2)CCN(C)C1. The average Bonchev–Trinajstić information content (AvgIpc) is 3.04. The molecule has 0 unspecified atom stereocenters. The summed E-state index contributed by atoms with van der Waals surface area (Å²) < 4.78 is 2.44. The highest BCUT2D eigenvalue weighted by Gasteiger charge is 2.22. The lowest BCUT2D eigenvalue weighted by Gasteiger charge is -2.24. The quantitative estimate of drug-likeness (QED) is 0.488. The van der Waals surface area contributed by atoms with Crippen LogP contribution < -0.4 is 5.48 Å². The number of fused-ring (bicyclic) bond motifs is 3. The molecule has 0 saturated heterocycles. The van der Waals surface area contributed by atoms with E-state index in [1.807, 2.05) is 12.1 Å². The second-order valence-electron chi connectivity index (χ2n) is 8.54. The predicted molar refractivity (Wildman–Crippen MR) is 119 cm³/mol. The highest BCUT2D eigenvalue weighted by Crippen LogP contribution is 2.32. The van der Waals surface area contributed by atoms with E-state index < -0.39 is 5.91 Å². The summed E-state index contributed by atoms with van der Waals surface area (Å²) in [6.45, 7) is 3.85. The van der Waals surface area contributed by atoms with Gasteiger partial charge in [-0.15, -0.1) is 0 Å². The van der Waals surface area contributed by atoms with Gasteiger partial charge in [-0.2, -0.15) is 0 Å². The molecule has 158 valence electrons. The van der Waals surface area contributed by atoms with E-state index in [9.17, 15) is 4.79 Å². The second kappa shape index (κ2) is 8.60. The Bertz CT molecular complexity index is 1050. The molecule has 1 aromatic heterocycles. The van der Waals surface area contributed by atoms with E-state index in [1.165, 1.54) is 27.7 Å². The van der Waals surface area contributed by atoms with Gasteiger partial charge in [0.15, 0.2) is 0 Å².